The minimum atomic E-state index is -1.96. The second-order valence-corrected chi connectivity index (χ2v) is 18.9. The number of nitrogens with zero attached hydrogens (tertiary/aromatic N) is 6. The zero-order valence-corrected chi connectivity index (χ0v) is 39.3. The fraction of sp³-hybridized carbons (Fsp3) is 0.276. The molecular formula is C58H53N7O6. The number of allylic oxidation sites excluding steroid dienone is 2. The summed E-state index contributed by atoms with van der Waals surface area (Å²) in [6.45, 7) is 3.12. The number of carbonyl (C=O) groups excluding carboxylic acids is 4. The third-order valence-corrected chi connectivity index (χ3v) is 14.9. The van der Waals surface area contributed by atoms with E-state index in [2.05, 4.69) is 33.2 Å². The maximum absolute atomic E-state index is 16.8. The molecule has 1 aliphatic carbocycles. The van der Waals surface area contributed by atoms with Gasteiger partial charge in [-0.25, -0.2) is 19.7 Å². The number of hydrogen-bond donors (Lipinski definition) is 2. The first-order valence-electron chi connectivity index (χ1n) is 24.5. The predicted octanol–water partition coefficient (Wildman–Crippen LogP) is 8.52. The summed E-state index contributed by atoms with van der Waals surface area (Å²) in [5.41, 5.74) is 3.25. The summed E-state index contributed by atoms with van der Waals surface area (Å²) >= 11 is 0. The average molecular weight is 944 g/mol. The Hall–Kier alpha value is -8.08. The third-order valence-electron chi connectivity index (χ3n) is 14.9. The van der Waals surface area contributed by atoms with Crippen LogP contribution in [0.25, 0.3) is 0 Å². The molecule has 71 heavy (non-hydrogen) atoms. The first-order valence-corrected chi connectivity index (χ1v) is 24.5. The number of cyclic esters (lactones) is 1. The second-order valence-electron chi connectivity index (χ2n) is 18.9. The van der Waals surface area contributed by atoms with Crippen molar-refractivity contribution < 1.29 is 29.0 Å². The Bertz CT molecular complexity index is 3060. The summed E-state index contributed by atoms with van der Waals surface area (Å²) in [5, 5.41) is 14.0. The minimum Gasteiger partial charge on any atom is -0.508 e. The molecule has 1 spiro atoms. The third kappa shape index (κ3) is 8.08. The fourth-order valence-electron chi connectivity index (χ4n) is 11.6. The van der Waals surface area contributed by atoms with E-state index in [1.165, 1.54) is 4.90 Å². The molecular weight excluding hydrogens is 891 g/mol. The predicted molar refractivity (Wildman–Crippen MR) is 268 cm³/mol. The Morgan fingerprint density at radius 3 is 2.11 bits per heavy atom. The highest BCUT2D eigenvalue weighted by molar-refractivity contribution is 6.24. The molecule has 0 radical (unpaired) electrons. The molecule has 6 aromatic rings. The maximum Gasteiger partial charge on any atom is 0.329 e. The molecule has 11 rings (SSSR count). The molecule has 1 aromatic heterocycles. The number of morpholine rings is 1. The summed E-state index contributed by atoms with van der Waals surface area (Å²) in [5.74, 6) is 4.11. The van der Waals surface area contributed by atoms with Crippen molar-refractivity contribution in [3.8, 4) is 17.6 Å². The molecule has 4 aliphatic heterocycles. The number of phenols is 1. The summed E-state index contributed by atoms with van der Waals surface area (Å²) in [6, 6.07) is 38.1. The maximum atomic E-state index is 16.8. The number of imide groups is 1. The van der Waals surface area contributed by atoms with Gasteiger partial charge in [0.2, 0.25) is 17.8 Å². The number of fused-ring (bicyclic) bond motifs is 3. The number of benzene rings is 5. The number of hydrogen-bond acceptors (Lipinski definition) is 10. The number of rotatable bonds is 7. The van der Waals surface area contributed by atoms with Crippen LogP contribution in [-0.2, 0) is 24.5 Å². The Labute approximate surface area is 412 Å². The van der Waals surface area contributed by atoms with Crippen LogP contribution in [0.2, 0.25) is 0 Å². The van der Waals surface area contributed by atoms with Crippen LogP contribution in [-0.4, -0.2) is 80.9 Å². The highest BCUT2D eigenvalue weighted by Crippen LogP contribution is 2.66. The Kier molecular flexibility index (Phi) is 12.2. The van der Waals surface area contributed by atoms with Crippen molar-refractivity contribution in [1.29, 1.82) is 0 Å². The molecule has 0 saturated carbocycles. The van der Waals surface area contributed by atoms with Crippen LogP contribution in [0, 0.1) is 17.8 Å². The molecule has 5 aliphatic rings. The van der Waals surface area contributed by atoms with E-state index in [1.54, 1.807) is 53.7 Å². The van der Waals surface area contributed by atoms with E-state index < -0.39 is 65.4 Å². The highest BCUT2D eigenvalue weighted by atomic mass is 16.6. The van der Waals surface area contributed by atoms with E-state index in [-0.39, 0.29) is 24.5 Å². The number of anilines is 2. The van der Waals surface area contributed by atoms with Gasteiger partial charge in [-0.15, -0.1) is 0 Å². The van der Waals surface area contributed by atoms with Gasteiger partial charge in [0.05, 0.1) is 29.7 Å². The number of ether oxygens (including phenoxy) is 1. The Morgan fingerprint density at radius 1 is 0.761 bits per heavy atom. The van der Waals surface area contributed by atoms with Crippen LogP contribution in [0.4, 0.5) is 16.4 Å². The first kappa shape index (κ1) is 45.4. The topological polar surface area (TPSA) is 149 Å². The van der Waals surface area contributed by atoms with Gasteiger partial charge in [-0.1, -0.05) is 121 Å². The lowest BCUT2D eigenvalue weighted by molar-refractivity contribution is -0.179. The van der Waals surface area contributed by atoms with Crippen LogP contribution in [0.5, 0.6) is 5.75 Å². The molecule has 356 valence electrons. The van der Waals surface area contributed by atoms with Crippen LogP contribution in [0.3, 0.4) is 0 Å². The quantitative estimate of drug-likeness (QED) is 0.118. The first-order chi connectivity index (χ1) is 34.7. The molecule has 5 heterocycles. The normalized spacial score (nSPS) is 24.3. The number of aromatic hydroxyl groups is 1. The van der Waals surface area contributed by atoms with Crippen molar-refractivity contribution >= 4 is 35.5 Å². The lowest BCUT2D eigenvalue weighted by atomic mass is 9.64. The van der Waals surface area contributed by atoms with Gasteiger partial charge in [-0.3, -0.25) is 19.3 Å². The zero-order valence-electron chi connectivity index (χ0n) is 39.3. The molecule has 3 fully saturated rings. The summed E-state index contributed by atoms with van der Waals surface area (Å²) in [7, 11) is 0. The van der Waals surface area contributed by atoms with Gasteiger partial charge in [-0.05, 0) is 102 Å². The molecule has 0 unspecified atom stereocenters. The van der Waals surface area contributed by atoms with Crippen LogP contribution < -0.4 is 15.1 Å². The minimum absolute atomic E-state index is 0.00584. The SMILES string of the molecule is C[C@@H](NC(=O)N1C(=O)[C@@]2(c3cc(C#CC4=CCCCC4)ccc31)[C@H](c1ccc(O)cc1)N1[C@H](c3ccccc3)[C@H](c3ccccc3)OC(=O)[C@H]1[C@@H]2C(=O)N1CCN(c2ncccn2)CC1)c1ccccc1. The lowest BCUT2D eigenvalue weighted by Gasteiger charge is -2.46. The number of nitrogens with one attached hydrogen (secondary N) is 1. The van der Waals surface area contributed by atoms with Crippen molar-refractivity contribution in [3.63, 3.8) is 0 Å². The van der Waals surface area contributed by atoms with E-state index in [0.717, 1.165) is 47.9 Å². The number of urea groups is 1. The van der Waals surface area contributed by atoms with Crippen molar-refractivity contribution in [1.82, 2.24) is 25.1 Å². The van der Waals surface area contributed by atoms with Gasteiger partial charge in [0.1, 0.15) is 23.3 Å². The van der Waals surface area contributed by atoms with Gasteiger partial charge in [0.25, 0.3) is 0 Å². The highest BCUT2D eigenvalue weighted by Gasteiger charge is 2.76. The zero-order chi connectivity index (χ0) is 48.6. The molecule has 4 amide bonds. The largest absolute Gasteiger partial charge is 0.508 e. The van der Waals surface area contributed by atoms with Crippen LogP contribution in [0.15, 0.2) is 164 Å². The number of carbonyl (C=O) groups is 4. The molecule has 5 aromatic carbocycles. The van der Waals surface area contributed by atoms with E-state index in [4.69, 9.17) is 4.74 Å². The molecule has 7 atom stereocenters. The number of piperazine rings is 1. The summed E-state index contributed by atoms with van der Waals surface area (Å²) in [6.07, 6.45) is 8.59. The number of amides is 4. The Balaban J connectivity index is 1.16. The van der Waals surface area contributed by atoms with Crippen molar-refractivity contribution in [2.45, 2.75) is 68.3 Å². The van der Waals surface area contributed by atoms with Gasteiger partial charge in [-0.2, -0.15) is 0 Å². The summed E-state index contributed by atoms with van der Waals surface area (Å²) in [4.78, 5) is 79.8. The summed E-state index contributed by atoms with van der Waals surface area (Å²) < 4.78 is 6.68. The standard InChI is InChI=1S/C58H53N7O6/c1-38(41-17-8-3-9-18-41)61-57(70)64-47-30-25-40(24-23-39-15-6-2-7-16-39)37-46(47)58(55(64)69)48(53(67)62-33-35-63(36-34-62)56-59-31-14-32-60-56)50-54(68)71-51(43-21-12-5-13-22-43)49(42-19-10-4-11-20-42)65(50)52(58)44-26-28-45(66)29-27-44/h3-5,8-15,17-22,25-32,37-38,48-52,66H,2,6-7,16,33-36H2,1H3,(H,61,70)/t38-,48-,49-,50-,51+,52+,58-/m1/s1. The van der Waals surface area contributed by atoms with Crippen LogP contribution in [0.1, 0.15) is 90.2 Å². The second kappa shape index (κ2) is 19.0. The number of phenolic OH excluding ortho intramolecular Hbond substituents is 1. The molecule has 0 bridgehead atoms. The van der Waals surface area contributed by atoms with Gasteiger partial charge < -0.3 is 25.0 Å². The molecule has 2 N–H and O–H groups in total. The molecule has 3 saturated heterocycles. The van der Waals surface area contributed by atoms with Gasteiger partial charge in [0.15, 0.2) is 0 Å². The van der Waals surface area contributed by atoms with Crippen molar-refractivity contribution in [2.75, 3.05) is 36.0 Å². The van der Waals surface area contributed by atoms with E-state index in [9.17, 15) is 5.11 Å². The van der Waals surface area contributed by atoms with Gasteiger partial charge >= 0.3 is 12.0 Å². The monoisotopic (exact) mass is 943 g/mol. The molecule has 13 heteroatoms. The van der Waals surface area contributed by atoms with Gasteiger partial charge in [0, 0.05) is 44.1 Å². The van der Waals surface area contributed by atoms with E-state index in [1.807, 2.05) is 120 Å². The Morgan fingerprint density at radius 2 is 1.44 bits per heavy atom. The van der Waals surface area contributed by atoms with E-state index in [0.29, 0.717) is 35.7 Å². The lowest BCUT2D eigenvalue weighted by Crippen LogP contribution is -2.59. The van der Waals surface area contributed by atoms with Crippen LogP contribution >= 0.6 is 0 Å². The number of esters is 1. The fourth-order valence-corrected chi connectivity index (χ4v) is 11.6. The molecule has 13 nitrogen and oxygen atoms in total. The smallest absolute Gasteiger partial charge is 0.329 e. The number of aromatic nitrogens is 2. The van der Waals surface area contributed by atoms with Crippen molar-refractivity contribution in [2.24, 2.45) is 5.92 Å². The average Bonchev–Trinajstić information content (AvgIpc) is 3.88. The van der Waals surface area contributed by atoms with E-state index >= 15 is 19.2 Å². The van der Waals surface area contributed by atoms with Crippen molar-refractivity contribution in [3.05, 3.63) is 197 Å².